The molecular weight excluding hydrogens is 182 g/mol. The molecule has 0 aliphatic carbocycles. The molecule has 0 aromatic carbocycles. The third-order valence-electron chi connectivity index (χ3n) is 2.23. The molecule has 0 bridgehead atoms. The molecule has 0 spiro atoms. The molecule has 5 heteroatoms. The smallest absolute Gasteiger partial charge is 0.246 e. The lowest BCUT2D eigenvalue weighted by Crippen LogP contribution is -2.40. The topological polar surface area (TPSA) is 75.4 Å². The van der Waals surface area contributed by atoms with Gasteiger partial charge in [-0.05, 0) is 6.42 Å². The standard InChI is InChI=1S/C9H17N3O2/c1-2-5-12-8(13)6-7(9(12)14)11-4-3-10/h7,11H,2-6,10H2,1H3. The first kappa shape index (κ1) is 11.1. The molecule has 3 N–H and O–H groups in total. The highest BCUT2D eigenvalue weighted by Gasteiger charge is 2.37. The molecule has 0 aromatic rings. The van der Waals surface area contributed by atoms with Crippen LogP contribution in [0.5, 0.6) is 0 Å². The molecule has 0 aromatic heterocycles. The molecule has 0 saturated carbocycles. The van der Waals surface area contributed by atoms with Crippen LogP contribution in [-0.4, -0.2) is 42.4 Å². The summed E-state index contributed by atoms with van der Waals surface area (Å²) in [7, 11) is 0. The summed E-state index contributed by atoms with van der Waals surface area (Å²) in [5.74, 6) is -0.184. The Hall–Kier alpha value is -0.940. The van der Waals surface area contributed by atoms with Crippen LogP contribution in [-0.2, 0) is 9.59 Å². The van der Waals surface area contributed by atoms with E-state index in [1.165, 1.54) is 4.90 Å². The zero-order valence-corrected chi connectivity index (χ0v) is 8.45. The Labute approximate surface area is 83.6 Å². The number of hydrogen-bond acceptors (Lipinski definition) is 4. The highest BCUT2D eigenvalue weighted by molar-refractivity contribution is 6.05. The second kappa shape index (κ2) is 5.07. The molecule has 14 heavy (non-hydrogen) atoms. The van der Waals surface area contributed by atoms with E-state index in [1.54, 1.807) is 0 Å². The maximum Gasteiger partial charge on any atom is 0.246 e. The van der Waals surface area contributed by atoms with E-state index in [1.807, 2.05) is 6.92 Å². The molecule has 5 nitrogen and oxygen atoms in total. The van der Waals surface area contributed by atoms with Crippen molar-refractivity contribution in [2.24, 2.45) is 5.73 Å². The average Bonchev–Trinajstić information content (AvgIpc) is 2.43. The van der Waals surface area contributed by atoms with E-state index in [9.17, 15) is 9.59 Å². The fourth-order valence-corrected chi connectivity index (χ4v) is 1.56. The Morgan fingerprint density at radius 1 is 1.57 bits per heavy atom. The summed E-state index contributed by atoms with van der Waals surface area (Å²) < 4.78 is 0. The summed E-state index contributed by atoms with van der Waals surface area (Å²) in [6.45, 7) is 3.52. The van der Waals surface area contributed by atoms with Crippen molar-refractivity contribution in [3.63, 3.8) is 0 Å². The molecule has 1 aliphatic rings. The van der Waals surface area contributed by atoms with Crippen molar-refractivity contribution in [2.45, 2.75) is 25.8 Å². The fraction of sp³-hybridized carbons (Fsp3) is 0.778. The van der Waals surface area contributed by atoms with E-state index in [0.29, 0.717) is 19.6 Å². The normalized spacial score (nSPS) is 22.1. The summed E-state index contributed by atoms with van der Waals surface area (Å²) in [5.41, 5.74) is 5.31. The number of hydrogen-bond donors (Lipinski definition) is 2. The first-order chi connectivity index (χ1) is 6.70. The van der Waals surface area contributed by atoms with Crippen LogP contribution in [0, 0.1) is 0 Å². The van der Waals surface area contributed by atoms with Crippen molar-refractivity contribution in [3.05, 3.63) is 0 Å². The van der Waals surface area contributed by atoms with Crippen LogP contribution in [0.15, 0.2) is 0 Å². The van der Waals surface area contributed by atoms with Crippen molar-refractivity contribution >= 4 is 11.8 Å². The Balaban J connectivity index is 2.51. The molecule has 1 saturated heterocycles. The number of carbonyl (C=O) groups excluding carboxylic acids is 2. The predicted octanol–water partition coefficient (Wildman–Crippen LogP) is -0.928. The molecular formula is C9H17N3O2. The fourth-order valence-electron chi connectivity index (χ4n) is 1.56. The Morgan fingerprint density at radius 2 is 2.29 bits per heavy atom. The summed E-state index contributed by atoms with van der Waals surface area (Å²) in [4.78, 5) is 24.3. The van der Waals surface area contributed by atoms with Gasteiger partial charge in [0.25, 0.3) is 0 Å². The largest absolute Gasteiger partial charge is 0.329 e. The van der Waals surface area contributed by atoms with Crippen molar-refractivity contribution in [1.29, 1.82) is 0 Å². The van der Waals surface area contributed by atoms with Gasteiger partial charge in [-0.1, -0.05) is 6.92 Å². The van der Waals surface area contributed by atoms with Gasteiger partial charge in [0.05, 0.1) is 12.5 Å². The van der Waals surface area contributed by atoms with Crippen molar-refractivity contribution in [2.75, 3.05) is 19.6 Å². The van der Waals surface area contributed by atoms with Crippen LogP contribution in [0.1, 0.15) is 19.8 Å². The van der Waals surface area contributed by atoms with Gasteiger partial charge in [-0.3, -0.25) is 14.5 Å². The molecule has 0 radical (unpaired) electrons. The lowest BCUT2D eigenvalue weighted by Gasteiger charge is -2.13. The third-order valence-corrected chi connectivity index (χ3v) is 2.23. The van der Waals surface area contributed by atoms with Gasteiger partial charge in [0, 0.05) is 19.6 Å². The molecule has 1 aliphatic heterocycles. The zero-order valence-electron chi connectivity index (χ0n) is 8.45. The molecule has 1 rings (SSSR count). The maximum atomic E-state index is 11.6. The number of amides is 2. The minimum atomic E-state index is -0.349. The molecule has 1 atom stereocenters. The second-order valence-electron chi connectivity index (χ2n) is 3.38. The summed E-state index contributed by atoms with van der Waals surface area (Å²) in [5, 5.41) is 2.96. The van der Waals surface area contributed by atoms with E-state index in [-0.39, 0.29) is 24.3 Å². The third kappa shape index (κ3) is 2.30. The number of nitrogens with two attached hydrogens (primary N) is 1. The van der Waals surface area contributed by atoms with Crippen LogP contribution >= 0.6 is 0 Å². The average molecular weight is 199 g/mol. The van der Waals surface area contributed by atoms with E-state index in [2.05, 4.69) is 5.32 Å². The number of rotatable bonds is 5. The Morgan fingerprint density at radius 3 is 2.86 bits per heavy atom. The Bertz CT molecular complexity index is 230. The lowest BCUT2D eigenvalue weighted by atomic mass is 10.2. The highest BCUT2D eigenvalue weighted by atomic mass is 16.2. The van der Waals surface area contributed by atoms with Crippen molar-refractivity contribution in [3.8, 4) is 0 Å². The van der Waals surface area contributed by atoms with Gasteiger partial charge in [0.15, 0.2) is 0 Å². The number of nitrogens with zero attached hydrogens (tertiary/aromatic N) is 1. The maximum absolute atomic E-state index is 11.6. The quantitative estimate of drug-likeness (QED) is 0.561. The molecule has 2 amide bonds. The molecule has 1 unspecified atom stereocenters. The molecule has 80 valence electrons. The van der Waals surface area contributed by atoms with E-state index in [4.69, 9.17) is 5.73 Å². The van der Waals surface area contributed by atoms with Crippen LogP contribution in [0.25, 0.3) is 0 Å². The SMILES string of the molecule is CCCN1C(=O)CC(NCCN)C1=O. The number of likely N-dealkylation sites (tertiary alicyclic amines) is 1. The molecule has 1 fully saturated rings. The van der Waals surface area contributed by atoms with Crippen LogP contribution in [0.2, 0.25) is 0 Å². The summed E-state index contributed by atoms with van der Waals surface area (Å²) in [6, 6.07) is -0.349. The van der Waals surface area contributed by atoms with E-state index >= 15 is 0 Å². The minimum Gasteiger partial charge on any atom is -0.329 e. The first-order valence-corrected chi connectivity index (χ1v) is 4.98. The minimum absolute atomic E-state index is 0.0774. The summed E-state index contributed by atoms with van der Waals surface area (Å²) >= 11 is 0. The monoisotopic (exact) mass is 199 g/mol. The first-order valence-electron chi connectivity index (χ1n) is 4.98. The van der Waals surface area contributed by atoms with E-state index in [0.717, 1.165) is 6.42 Å². The van der Waals surface area contributed by atoms with Gasteiger partial charge < -0.3 is 11.1 Å². The van der Waals surface area contributed by atoms with Gasteiger partial charge in [0.2, 0.25) is 11.8 Å². The van der Waals surface area contributed by atoms with Crippen LogP contribution in [0.4, 0.5) is 0 Å². The van der Waals surface area contributed by atoms with Crippen LogP contribution < -0.4 is 11.1 Å². The lowest BCUT2D eigenvalue weighted by molar-refractivity contribution is -0.138. The number of carbonyl (C=O) groups is 2. The van der Waals surface area contributed by atoms with Gasteiger partial charge in [-0.2, -0.15) is 0 Å². The van der Waals surface area contributed by atoms with Gasteiger partial charge in [-0.15, -0.1) is 0 Å². The second-order valence-corrected chi connectivity index (χ2v) is 3.38. The number of nitrogens with one attached hydrogen (secondary N) is 1. The van der Waals surface area contributed by atoms with Gasteiger partial charge >= 0.3 is 0 Å². The summed E-state index contributed by atoms with van der Waals surface area (Å²) in [6.07, 6.45) is 1.08. The van der Waals surface area contributed by atoms with E-state index < -0.39 is 0 Å². The van der Waals surface area contributed by atoms with Gasteiger partial charge in [0.1, 0.15) is 0 Å². The zero-order chi connectivity index (χ0) is 10.6. The van der Waals surface area contributed by atoms with Crippen molar-refractivity contribution in [1.82, 2.24) is 10.2 Å². The molecule has 1 heterocycles. The van der Waals surface area contributed by atoms with Gasteiger partial charge in [-0.25, -0.2) is 0 Å². The number of imide groups is 1. The predicted molar refractivity (Wildman–Crippen MR) is 52.5 cm³/mol. The van der Waals surface area contributed by atoms with Crippen LogP contribution in [0.3, 0.4) is 0 Å². The van der Waals surface area contributed by atoms with Crippen molar-refractivity contribution < 1.29 is 9.59 Å². The highest BCUT2D eigenvalue weighted by Crippen LogP contribution is 2.12. The Kier molecular flexibility index (Phi) is 4.03.